The molecule has 1 saturated carbocycles. The Bertz CT molecular complexity index is 910. The highest BCUT2D eigenvalue weighted by Gasteiger charge is 2.71. The zero-order valence-electron chi connectivity index (χ0n) is 14.5. The summed E-state index contributed by atoms with van der Waals surface area (Å²) in [6.07, 6.45) is -3.84. The van der Waals surface area contributed by atoms with Gasteiger partial charge in [0.2, 0.25) is 0 Å². The summed E-state index contributed by atoms with van der Waals surface area (Å²) >= 11 is 0. The molecule has 2 aromatic rings. The Labute approximate surface area is 155 Å². The average Bonchev–Trinajstić information content (AvgIpc) is 3.15. The second-order valence-corrected chi connectivity index (χ2v) is 6.97. The summed E-state index contributed by atoms with van der Waals surface area (Å²) in [6, 6.07) is -0.404. The fourth-order valence-electron chi connectivity index (χ4n) is 3.31. The normalized spacial score (nSPS) is 33.8. The van der Waals surface area contributed by atoms with E-state index >= 15 is 0 Å². The quantitative estimate of drug-likeness (QED) is 0.633. The molecule has 28 heavy (non-hydrogen) atoms. The molecular weight excluding hydrogens is 390 g/mol. The number of aliphatic hydroxyl groups excluding tert-OH is 2. The van der Waals surface area contributed by atoms with Gasteiger partial charge in [0.05, 0.1) is 18.3 Å². The number of fused-ring (bicyclic) bond motifs is 1. The number of halogens is 4. The molecule has 1 unspecified atom stereocenters. The highest BCUT2D eigenvalue weighted by molar-refractivity contribution is 5.82. The molecule has 4 N–H and O–H groups in total. The first-order valence-corrected chi connectivity index (χ1v) is 8.43. The van der Waals surface area contributed by atoms with E-state index in [1.54, 1.807) is 6.92 Å². The molecule has 4 rings (SSSR count). The molecule has 0 amide bonds. The van der Waals surface area contributed by atoms with E-state index in [4.69, 9.17) is 15.2 Å². The molecule has 13 heteroatoms. The van der Waals surface area contributed by atoms with Crippen LogP contribution in [0.5, 0.6) is 6.01 Å². The third-order valence-electron chi connectivity index (χ3n) is 5.10. The van der Waals surface area contributed by atoms with Crippen molar-refractivity contribution >= 4 is 17.0 Å². The van der Waals surface area contributed by atoms with Crippen LogP contribution in [0.25, 0.3) is 11.2 Å². The van der Waals surface area contributed by atoms with Crippen LogP contribution in [-0.4, -0.2) is 66.5 Å². The molecule has 2 fully saturated rings. The van der Waals surface area contributed by atoms with Gasteiger partial charge in [-0.2, -0.15) is 27.5 Å². The van der Waals surface area contributed by atoms with Crippen molar-refractivity contribution < 1.29 is 37.2 Å². The lowest BCUT2D eigenvalue weighted by molar-refractivity contribution is -0.317. The van der Waals surface area contributed by atoms with Crippen LogP contribution in [0.3, 0.4) is 0 Å². The van der Waals surface area contributed by atoms with Gasteiger partial charge in [0.15, 0.2) is 23.2 Å². The molecule has 0 radical (unpaired) electrons. The topological polar surface area (TPSA) is 129 Å². The summed E-state index contributed by atoms with van der Waals surface area (Å²) in [5.41, 5.74) is 5.98. The Morgan fingerprint density at radius 1 is 1.29 bits per heavy atom. The minimum atomic E-state index is -4.17. The predicted molar refractivity (Wildman–Crippen MR) is 84.8 cm³/mol. The predicted octanol–water partition coefficient (Wildman–Crippen LogP) is 0.717. The van der Waals surface area contributed by atoms with Gasteiger partial charge < -0.3 is 25.4 Å². The van der Waals surface area contributed by atoms with E-state index in [0.717, 1.165) is 0 Å². The number of nitrogen functional groups attached to an aromatic ring is 1. The van der Waals surface area contributed by atoms with Gasteiger partial charge in [0, 0.05) is 6.42 Å². The Hall–Kier alpha value is -2.25. The van der Waals surface area contributed by atoms with Crippen molar-refractivity contribution in [1.82, 2.24) is 19.5 Å². The zero-order valence-corrected chi connectivity index (χ0v) is 14.5. The number of hydrogen-bond acceptors (Lipinski definition) is 8. The summed E-state index contributed by atoms with van der Waals surface area (Å²) in [6.45, 7) is 0.847. The molecule has 0 spiro atoms. The van der Waals surface area contributed by atoms with Crippen molar-refractivity contribution in [3.63, 3.8) is 0 Å². The van der Waals surface area contributed by atoms with Gasteiger partial charge in [-0.05, 0) is 6.92 Å². The number of alkyl halides is 4. The number of nitrogens with zero attached hydrogens (tertiary/aromatic N) is 4. The molecule has 9 nitrogen and oxygen atoms in total. The van der Waals surface area contributed by atoms with Crippen LogP contribution in [0.1, 0.15) is 19.6 Å². The van der Waals surface area contributed by atoms with Crippen LogP contribution in [0.2, 0.25) is 0 Å². The summed E-state index contributed by atoms with van der Waals surface area (Å²) in [5.74, 6) is -10.0. The molecule has 1 aliphatic carbocycles. The minimum Gasteiger partial charge on any atom is -0.463 e. The van der Waals surface area contributed by atoms with Gasteiger partial charge in [-0.15, -0.1) is 0 Å². The van der Waals surface area contributed by atoms with Crippen LogP contribution in [-0.2, 0) is 4.74 Å². The first-order valence-electron chi connectivity index (χ1n) is 8.43. The van der Waals surface area contributed by atoms with Gasteiger partial charge in [-0.1, -0.05) is 0 Å². The molecule has 1 aliphatic heterocycles. The van der Waals surface area contributed by atoms with Crippen molar-refractivity contribution in [2.24, 2.45) is 5.92 Å². The van der Waals surface area contributed by atoms with Crippen molar-refractivity contribution in [2.45, 2.75) is 49.7 Å². The minimum absolute atomic E-state index is 0.0681. The van der Waals surface area contributed by atoms with E-state index in [-0.39, 0.29) is 17.0 Å². The van der Waals surface area contributed by atoms with Gasteiger partial charge in [-0.3, -0.25) is 4.57 Å². The highest BCUT2D eigenvalue weighted by atomic mass is 19.3. The number of aliphatic hydroxyl groups is 2. The van der Waals surface area contributed by atoms with Crippen molar-refractivity contribution in [3.8, 4) is 6.01 Å². The number of anilines is 1. The van der Waals surface area contributed by atoms with E-state index in [0.29, 0.717) is 0 Å². The number of ether oxygens (including phenoxy) is 2. The monoisotopic (exact) mass is 407 g/mol. The third kappa shape index (κ3) is 2.68. The lowest BCUT2D eigenvalue weighted by Gasteiger charge is -2.43. The van der Waals surface area contributed by atoms with E-state index < -0.39 is 61.3 Å². The SMILES string of the molecule is C[C@H]1O[C@@H](n2cnc3c(N)nc(OCC4CC(F)(F)C4(F)F)nc32)[C@H](O)[C@@H]1O. The number of hydrogen-bond donors (Lipinski definition) is 3. The molecular formula is C15H17F4N5O4. The summed E-state index contributed by atoms with van der Waals surface area (Å²) in [4.78, 5) is 11.8. The first kappa shape index (κ1) is 19.1. The maximum atomic E-state index is 13.4. The van der Waals surface area contributed by atoms with Crippen molar-refractivity contribution in [3.05, 3.63) is 6.33 Å². The number of imidazole rings is 1. The maximum absolute atomic E-state index is 13.4. The van der Waals surface area contributed by atoms with Crippen molar-refractivity contribution in [1.29, 1.82) is 0 Å². The van der Waals surface area contributed by atoms with Gasteiger partial charge >= 0.3 is 17.9 Å². The fourth-order valence-corrected chi connectivity index (χ4v) is 3.31. The van der Waals surface area contributed by atoms with Gasteiger partial charge in [0.25, 0.3) is 0 Å². The van der Waals surface area contributed by atoms with E-state index in [1.807, 2.05) is 0 Å². The number of aromatic nitrogens is 4. The van der Waals surface area contributed by atoms with E-state index in [9.17, 15) is 27.8 Å². The van der Waals surface area contributed by atoms with E-state index in [2.05, 4.69) is 15.0 Å². The lowest BCUT2D eigenvalue weighted by atomic mass is 9.77. The van der Waals surface area contributed by atoms with Crippen LogP contribution in [0.4, 0.5) is 23.4 Å². The van der Waals surface area contributed by atoms with Crippen LogP contribution >= 0.6 is 0 Å². The first-order chi connectivity index (χ1) is 13.0. The molecule has 154 valence electrons. The summed E-state index contributed by atoms with van der Waals surface area (Å²) in [7, 11) is 0. The van der Waals surface area contributed by atoms with Crippen LogP contribution in [0.15, 0.2) is 6.33 Å². The van der Waals surface area contributed by atoms with Crippen LogP contribution in [0, 0.1) is 5.92 Å². The number of nitrogens with two attached hydrogens (primary N) is 1. The fraction of sp³-hybridized carbons (Fsp3) is 0.667. The van der Waals surface area contributed by atoms with E-state index in [1.165, 1.54) is 10.9 Å². The molecule has 2 aliphatic rings. The molecule has 1 saturated heterocycles. The zero-order chi connectivity index (χ0) is 20.4. The second-order valence-electron chi connectivity index (χ2n) is 6.97. The Morgan fingerprint density at radius 2 is 2.00 bits per heavy atom. The Balaban J connectivity index is 1.58. The highest BCUT2D eigenvalue weighted by Crippen LogP contribution is 2.55. The molecule has 3 heterocycles. The van der Waals surface area contributed by atoms with Gasteiger partial charge in [-0.25, -0.2) is 4.98 Å². The average molecular weight is 407 g/mol. The lowest BCUT2D eigenvalue weighted by Crippen LogP contribution is -2.60. The largest absolute Gasteiger partial charge is 0.463 e. The van der Waals surface area contributed by atoms with Crippen LogP contribution < -0.4 is 10.5 Å². The Morgan fingerprint density at radius 3 is 2.57 bits per heavy atom. The molecule has 0 aromatic carbocycles. The third-order valence-corrected chi connectivity index (χ3v) is 5.10. The molecule has 2 aromatic heterocycles. The van der Waals surface area contributed by atoms with Crippen molar-refractivity contribution in [2.75, 3.05) is 12.3 Å². The summed E-state index contributed by atoms with van der Waals surface area (Å²) < 4.78 is 64.5. The van der Waals surface area contributed by atoms with Gasteiger partial charge in [0.1, 0.15) is 18.8 Å². The Kier molecular flexibility index (Phi) is 4.17. The molecule has 0 bridgehead atoms. The smallest absolute Gasteiger partial charge is 0.320 e. The maximum Gasteiger partial charge on any atom is 0.320 e. The second kappa shape index (κ2) is 6.12. The summed E-state index contributed by atoms with van der Waals surface area (Å²) in [5, 5.41) is 20.0. The molecule has 5 atom stereocenters. The number of rotatable bonds is 4. The standard InChI is InChI=1S/C15H17F4N5O4/c1-5-8(25)9(26)12(28-5)24-4-21-7-10(20)22-13(23-11(7)24)27-3-6-2-14(16,17)15(6,18)19/h4-6,8-9,12,25-26H,2-3H2,1H3,(H2,20,22,23)/t5-,6?,8-,9-,12-/m1/s1.